The molecular formula is C15H20FNO2. The minimum Gasteiger partial charge on any atom is -0.494 e. The third-order valence-electron chi connectivity index (χ3n) is 3.90. The first-order valence-electron chi connectivity index (χ1n) is 6.60. The SMILES string of the molecule is COc1ccc(C(=O)CN2CC(C)C(C)C2)cc1F. The Hall–Kier alpha value is -1.42. The number of likely N-dealkylation sites (tertiary alicyclic amines) is 1. The maximum absolute atomic E-state index is 13.6. The predicted octanol–water partition coefficient (Wildman–Crippen LogP) is 2.60. The summed E-state index contributed by atoms with van der Waals surface area (Å²) in [5.74, 6) is 0.861. The summed E-state index contributed by atoms with van der Waals surface area (Å²) in [7, 11) is 1.41. The van der Waals surface area contributed by atoms with Crippen LogP contribution in [0.1, 0.15) is 24.2 Å². The number of carbonyl (C=O) groups is 1. The molecule has 0 N–H and O–H groups in total. The number of methoxy groups -OCH3 is 1. The molecule has 0 radical (unpaired) electrons. The minimum atomic E-state index is -0.489. The van der Waals surface area contributed by atoms with Crippen molar-refractivity contribution in [2.75, 3.05) is 26.7 Å². The number of hydrogen-bond acceptors (Lipinski definition) is 3. The molecule has 19 heavy (non-hydrogen) atoms. The van der Waals surface area contributed by atoms with Gasteiger partial charge in [-0.15, -0.1) is 0 Å². The van der Waals surface area contributed by atoms with E-state index in [2.05, 4.69) is 18.7 Å². The van der Waals surface area contributed by atoms with Crippen LogP contribution in [0.2, 0.25) is 0 Å². The van der Waals surface area contributed by atoms with Gasteiger partial charge in [0.25, 0.3) is 0 Å². The maximum atomic E-state index is 13.6. The van der Waals surface area contributed by atoms with E-state index in [0.717, 1.165) is 13.1 Å². The zero-order chi connectivity index (χ0) is 14.0. The number of ether oxygens (including phenoxy) is 1. The van der Waals surface area contributed by atoms with Crippen molar-refractivity contribution in [1.82, 2.24) is 4.90 Å². The molecule has 1 aliphatic rings. The number of benzene rings is 1. The van der Waals surface area contributed by atoms with E-state index in [-0.39, 0.29) is 11.5 Å². The van der Waals surface area contributed by atoms with Gasteiger partial charge in [0.15, 0.2) is 17.3 Å². The molecule has 2 rings (SSSR count). The molecule has 1 aliphatic heterocycles. The van der Waals surface area contributed by atoms with Crippen LogP contribution in [-0.2, 0) is 0 Å². The molecule has 0 saturated carbocycles. The summed E-state index contributed by atoms with van der Waals surface area (Å²) in [5.41, 5.74) is 0.408. The topological polar surface area (TPSA) is 29.5 Å². The predicted molar refractivity (Wildman–Crippen MR) is 72.1 cm³/mol. The standard InChI is InChI=1S/C15H20FNO2/c1-10-7-17(8-11(10)2)9-14(18)12-4-5-15(19-3)13(16)6-12/h4-6,10-11H,7-9H2,1-3H3. The quantitative estimate of drug-likeness (QED) is 0.784. The fourth-order valence-electron chi connectivity index (χ4n) is 2.51. The lowest BCUT2D eigenvalue weighted by atomic mass is 10.0. The molecule has 1 aromatic carbocycles. The fraction of sp³-hybridized carbons (Fsp3) is 0.533. The van der Waals surface area contributed by atoms with Crippen molar-refractivity contribution in [1.29, 1.82) is 0 Å². The molecule has 0 bridgehead atoms. The summed E-state index contributed by atoms with van der Waals surface area (Å²) < 4.78 is 18.4. The highest BCUT2D eigenvalue weighted by atomic mass is 19.1. The molecule has 2 atom stereocenters. The van der Waals surface area contributed by atoms with Crippen LogP contribution in [0.3, 0.4) is 0 Å². The Morgan fingerprint density at radius 1 is 1.37 bits per heavy atom. The van der Waals surface area contributed by atoms with Crippen molar-refractivity contribution in [3.05, 3.63) is 29.6 Å². The van der Waals surface area contributed by atoms with Gasteiger partial charge >= 0.3 is 0 Å². The Balaban J connectivity index is 2.02. The van der Waals surface area contributed by atoms with Gasteiger partial charge in [-0.1, -0.05) is 13.8 Å². The van der Waals surface area contributed by atoms with Gasteiger partial charge < -0.3 is 4.74 Å². The van der Waals surface area contributed by atoms with Crippen LogP contribution in [-0.4, -0.2) is 37.4 Å². The lowest BCUT2D eigenvalue weighted by Gasteiger charge is -2.14. The van der Waals surface area contributed by atoms with Gasteiger partial charge in [0.05, 0.1) is 13.7 Å². The van der Waals surface area contributed by atoms with Crippen molar-refractivity contribution in [3.63, 3.8) is 0 Å². The molecule has 3 nitrogen and oxygen atoms in total. The van der Waals surface area contributed by atoms with Crippen molar-refractivity contribution >= 4 is 5.78 Å². The minimum absolute atomic E-state index is 0.0390. The zero-order valence-corrected chi connectivity index (χ0v) is 11.6. The number of nitrogens with zero attached hydrogens (tertiary/aromatic N) is 1. The highest BCUT2D eigenvalue weighted by Crippen LogP contribution is 2.23. The number of rotatable bonds is 4. The maximum Gasteiger partial charge on any atom is 0.176 e. The van der Waals surface area contributed by atoms with Gasteiger partial charge in [-0.2, -0.15) is 0 Å². The molecule has 1 fully saturated rings. The third-order valence-corrected chi connectivity index (χ3v) is 3.90. The van der Waals surface area contributed by atoms with Crippen LogP contribution < -0.4 is 4.74 Å². The van der Waals surface area contributed by atoms with Gasteiger partial charge in [-0.05, 0) is 30.0 Å². The summed E-state index contributed by atoms with van der Waals surface area (Å²) >= 11 is 0. The van der Waals surface area contributed by atoms with Gasteiger partial charge in [0.1, 0.15) is 0 Å². The molecule has 1 heterocycles. The molecule has 1 aromatic rings. The second kappa shape index (κ2) is 5.70. The summed E-state index contributed by atoms with van der Waals surface area (Å²) in [5, 5.41) is 0. The molecule has 0 aromatic heterocycles. The highest BCUT2D eigenvalue weighted by molar-refractivity contribution is 5.97. The number of carbonyl (C=O) groups excluding carboxylic acids is 1. The van der Waals surface area contributed by atoms with E-state index in [1.807, 2.05) is 0 Å². The average Bonchev–Trinajstić information content (AvgIpc) is 2.68. The Labute approximate surface area is 113 Å². The number of ketones is 1. The second-order valence-electron chi connectivity index (χ2n) is 5.42. The molecule has 2 unspecified atom stereocenters. The molecule has 1 saturated heterocycles. The first kappa shape index (κ1) is 14.0. The lowest BCUT2D eigenvalue weighted by molar-refractivity contribution is 0.0942. The summed E-state index contributed by atoms with van der Waals surface area (Å²) in [6.45, 7) is 6.63. The van der Waals surface area contributed by atoms with Gasteiger partial charge in [0.2, 0.25) is 0 Å². The van der Waals surface area contributed by atoms with Crippen molar-refractivity contribution < 1.29 is 13.9 Å². The Bertz CT molecular complexity index is 465. The first-order chi connectivity index (χ1) is 9.01. The lowest BCUT2D eigenvalue weighted by Crippen LogP contribution is -2.28. The van der Waals surface area contributed by atoms with Crippen LogP contribution in [0.15, 0.2) is 18.2 Å². The van der Waals surface area contributed by atoms with Gasteiger partial charge in [-0.3, -0.25) is 9.69 Å². The second-order valence-corrected chi connectivity index (χ2v) is 5.42. The summed E-state index contributed by atoms with van der Waals surface area (Å²) in [6.07, 6.45) is 0. The average molecular weight is 265 g/mol. The zero-order valence-electron chi connectivity index (χ0n) is 11.6. The normalized spacial score (nSPS) is 23.6. The largest absolute Gasteiger partial charge is 0.494 e. The molecule has 0 aliphatic carbocycles. The smallest absolute Gasteiger partial charge is 0.176 e. The molecule has 0 spiro atoms. The van der Waals surface area contributed by atoms with E-state index in [4.69, 9.17) is 4.74 Å². The first-order valence-corrected chi connectivity index (χ1v) is 6.60. The molecule has 0 amide bonds. The molecule has 104 valence electrons. The van der Waals surface area contributed by atoms with Crippen molar-refractivity contribution in [2.45, 2.75) is 13.8 Å². The molecule has 4 heteroatoms. The molecular weight excluding hydrogens is 245 g/mol. The Morgan fingerprint density at radius 2 is 2.00 bits per heavy atom. The van der Waals surface area contributed by atoms with Gasteiger partial charge in [0, 0.05) is 18.7 Å². The van der Waals surface area contributed by atoms with Crippen LogP contribution in [0.5, 0.6) is 5.75 Å². The third kappa shape index (κ3) is 3.13. The monoisotopic (exact) mass is 265 g/mol. The number of Topliss-reactive ketones (excluding diaryl/α,β-unsaturated/α-hetero) is 1. The van der Waals surface area contributed by atoms with Crippen LogP contribution in [0, 0.1) is 17.7 Å². The number of halogens is 1. The van der Waals surface area contributed by atoms with Crippen LogP contribution in [0.4, 0.5) is 4.39 Å². The Kier molecular flexibility index (Phi) is 4.20. The van der Waals surface area contributed by atoms with E-state index in [1.54, 1.807) is 6.07 Å². The van der Waals surface area contributed by atoms with Gasteiger partial charge in [-0.25, -0.2) is 4.39 Å². The van der Waals surface area contributed by atoms with E-state index in [0.29, 0.717) is 23.9 Å². The van der Waals surface area contributed by atoms with Crippen LogP contribution in [0.25, 0.3) is 0 Å². The Morgan fingerprint density at radius 3 is 2.53 bits per heavy atom. The van der Waals surface area contributed by atoms with Crippen molar-refractivity contribution in [2.24, 2.45) is 11.8 Å². The highest BCUT2D eigenvalue weighted by Gasteiger charge is 2.27. The number of hydrogen-bond donors (Lipinski definition) is 0. The summed E-state index contributed by atoms with van der Waals surface area (Å²) in [4.78, 5) is 14.3. The van der Waals surface area contributed by atoms with E-state index in [9.17, 15) is 9.18 Å². The van der Waals surface area contributed by atoms with E-state index >= 15 is 0 Å². The van der Waals surface area contributed by atoms with E-state index in [1.165, 1.54) is 19.2 Å². The fourth-order valence-corrected chi connectivity index (χ4v) is 2.51. The van der Waals surface area contributed by atoms with Crippen molar-refractivity contribution in [3.8, 4) is 5.75 Å². The van der Waals surface area contributed by atoms with E-state index < -0.39 is 5.82 Å². The van der Waals surface area contributed by atoms with Crippen LogP contribution >= 0.6 is 0 Å². The summed E-state index contributed by atoms with van der Waals surface area (Å²) in [6, 6.07) is 4.37.